The van der Waals surface area contributed by atoms with Crippen LogP contribution in [0.5, 0.6) is 0 Å². The number of pyridine rings is 1. The molecule has 0 saturated carbocycles. The van der Waals surface area contributed by atoms with Crippen molar-refractivity contribution in [1.82, 2.24) is 15.1 Å². The van der Waals surface area contributed by atoms with Crippen molar-refractivity contribution in [3.05, 3.63) is 40.2 Å². The third-order valence-electron chi connectivity index (χ3n) is 2.11. The van der Waals surface area contributed by atoms with E-state index in [4.69, 9.17) is 0 Å². The molecule has 0 amide bonds. The summed E-state index contributed by atoms with van der Waals surface area (Å²) in [5.41, 5.74) is 0.538. The standard InChI is InChI=1S/C9H9N5O3/c1-6-2-8(10-3-7(6)14(15)16)11-4-9-12-5-17-13-9/h2-3,5H,4H2,1H3,(H,10,11). The molecule has 0 aliphatic heterocycles. The molecule has 2 rings (SSSR count). The first-order chi connectivity index (χ1) is 8.16. The Hall–Kier alpha value is -2.51. The Labute approximate surface area is 95.8 Å². The van der Waals surface area contributed by atoms with E-state index in [1.165, 1.54) is 12.6 Å². The van der Waals surface area contributed by atoms with Gasteiger partial charge < -0.3 is 9.84 Å². The van der Waals surface area contributed by atoms with Crippen molar-refractivity contribution in [3.8, 4) is 0 Å². The van der Waals surface area contributed by atoms with Crippen LogP contribution in [-0.2, 0) is 6.54 Å². The Kier molecular flexibility index (Phi) is 2.95. The molecule has 8 heteroatoms. The van der Waals surface area contributed by atoms with Gasteiger partial charge in [0.1, 0.15) is 12.0 Å². The lowest BCUT2D eigenvalue weighted by Crippen LogP contribution is -2.04. The fraction of sp³-hybridized carbons (Fsp3) is 0.222. The Morgan fingerprint density at radius 3 is 2.94 bits per heavy atom. The van der Waals surface area contributed by atoms with Crippen LogP contribution in [0.3, 0.4) is 0 Å². The predicted molar refractivity (Wildman–Crippen MR) is 57.3 cm³/mol. The molecule has 0 radical (unpaired) electrons. The van der Waals surface area contributed by atoms with Crippen LogP contribution in [0.25, 0.3) is 0 Å². The first-order valence-corrected chi connectivity index (χ1v) is 4.77. The van der Waals surface area contributed by atoms with Gasteiger partial charge in [0, 0.05) is 5.56 Å². The highest BCUT2D eigenvalue weighted by Gasteiger charge is 2.11. The minimum absolute atomic E-state index is 0.00453. The number of nitrogens with zero attached hydrogens (tertiary/aromatic N) is 4. The van der Waals surface area contributed by atoms with Gasteiger partial charge in [-0.15, -0.1) is 0 Å². The minimum Gasteiger partial charge on any atom is -0.363 e. The first kappa shape index (κ1) is 11.0. The lowest BCUT2D eigenvalue weighted by Gasteiger charge is -2.03. The van der Waals surface area contributed by atoms with Gasteiger partial charge in [-0.25, -0.2) is 4.98 Å². The number of rotatable bonds is 4. The van der Waals surface area contributed by atoms with Crippen LogP contribution >= 0.6 is 0 Å². The zero-order chi connectivity index (χ0) is 12.3. The molecule has 0 aromatic carbocycles. The zero-order valence-corrected chi connectivity index (χ0v) is 8.95. The SMILES string of the molecule is Cc1cc(NCc2ncon2)ncc1[N+](=O)[O-]. The summed E-state index contributed by atoms with van der Waals surface area (Å²) in [5, 5.41) is 17.1. The van der Waals surface area contributed by atoms with Gasteiger partial charge in [0.15, 0.2) is 5.82 Å². The summed E-state index contributed by atoms with van der Waals surface area (Å²) in [5.74, 6) is 1.01. The van der Waals surface area contributed by atoms with Crippen LogP contribution in [0.2, 0.25) is 0 Å². The summed E-state index contributed by atoms with van der Waals surface area (Å²) in [6.07, 6.45) is 2.44. The molecule has 1 N–H and O–H groups in total. The second kappa shape index (κ2) is 4.56. The molecule has 0 fully saturated rings. The molecular weight excluding hydrogens is 226 g/mol. The van der Waals surface area contributed by atoms with Gasteiger partial charge in [-0.2, -0.15) is 4.98 Å². The lowest BCUT2D eigenvalue weighted by atomic mass is 10.2. The van der Waals surface area contributed by atoms with Gasteiger partial charge in [0.2, 0.25) is 6.39 Å². The van der Waals surface area contributed by atoms with Crippen molar-refractivity contribution in [2.45, 2.75) is 13.5 Å². The average Bonchev–Trinajstić information content (AvgIpc) is 2.78. The van der Waals surface area contributed by atoms with Crippen LogP contribution in [0, 0.1) is 17.0 Å². The molecule has 2 aromatic heterocycles. The van der Waals surface area contributed by atoms with Crippen molar-refractivity contribution in [2.75, 3.05) is 5.32 Å². The topological polar surface area (TPSA) is 107 Å². The molecule has 0 aliphatic rings. The quantitative estimate of drug-likeness (QED) is 0.628. The number of hydrogen-bond acceptors (Lipinski definition) is 7. The molecule has 2 aromatic rings. The lowest BCUT2D eigenvalue weighted by molar-refractivity contribution is -0.385. The summed E-state index contributed by atoms with van der Waals surface area (Å²) in [7, 11) is 0. The van der Waals surface area contributed by atoms with Crippen LogP contribution in [0.4, 0.5) is 11.5 Å². The third kappa shape index (κ3) is 2.54. The molecule has 2 heterocycles. The number of aromatic nitrogens is 3. The molecule has 0 atom stereocenters. The average molecular weight is 235 g/mol. The Morgan fingerprint density at radius 1 is 1.53 bits per heavy atom. The maximum absolute atomic E-state index is 10.6. The van der Waals surface area contributed by atoms with Crippen LogP contribution < -0.4 is 5.32 Å². The number of anilines is 1. The molecular formula is C9H9N5O3. The van der Waals surface area contributed by atoms with Gasteiger partial charge in [-0.3, -0.25) is 10.1 Å². The normalized spacial score (nSPS) is 10.2. The van der Waals surface area contributed by atoms with Crippen molar-refractivity contribution in [3.63, 3.8) is 0 Å². The predicted octanol–water partition coefficient (Wildman–Crippen LogP) is 1.29. The van der Waals surface area contributed by atoms with Crippen molar-refractivity contribution >= 4 is 11.5 Å². The van der Waals surface area contributed by atoms with E-state index in [9.17, 15) is 10.1 Å². The largest absolute Gasteiger partial charge is 0.363 e. The van der Waals surface area contributed by atoms with Crippen LogP contribution in [-0.4, -0.2) is 20.0 Å². The number of nitrogens with one attached hydrogen (secondary N) is 1. The summed E-state index contributed by atoms with van der Waals surface area (Å²) in [6.45, 7) is 2.00. The van der Waals surface area contributed by atoms with Crippen LogP contribution in [0.1, 0.15) is 11.4 Å². The molecule has 0 spiro atoms. The molecule has 88 valence electrons. The van der Waals surface area contributed by atoms with E-state index >= 15 is 0 Å². The van der Waals surface area contributed by atoms with Gasteiger partial charge in [0.25, 0.3) is 5.69 Å². The molecule has 0 unspecified atom stereocenters. The Bertz CT molecular complexity index is 525. The van der Waals surface area contributed by atoms with Crippen LogP contribution in [0.15, 0.2) is 23.2 Å². The van der Waals surface area contributed by atoms with E-state index in [0.717, 1.165) is 0 Å². The highest BCUT2D eigenvalue weighted by atomic mass is 16.6. The van der Waals surface area contributed by atoms with E-state index in [2.05, 4.69) is 25.0 Å². The zero-order valence-electron chi connectivity index (χ0n) is 8.95. The van der Waals surface area contributed by atoms with Crippen molar-refractivity contribution < 1.29 is 9.45 Å². The van der Waals surface area contributed by atoms with E-state index in [-0.39, 0.29) is 5.69 Å². The van der Waals surface area contributed by atoms with Crippen molar-refractivity contribution in [1.29, 1.82) is 0 Å². The Balaban J connectivity index is 2.07. The summed E-state index contributed by atoms with van der Waals surface area (Å²) >= 11 is 0. The second-order valence-corrected chi connectivity index (χ2v) is 3.31. The fourth-order valence-corrected chi connectivity index (χ4v) is 1.28. The monoisotopic (exact) mass is 235 g/mol. The highest BCUT2D eigenvalue weighted by molar-refractivity contribution is 5.46. The smallest absolute Gasteiger partial charge is 0.290 e. The maximum Gasteiger partial charge on any atom is 0.290 e. The van der Waals surface area contributed by atoms with Gasteiger partial charge in [-0.05, 0) is 13.0 Å². The fourth-order valence-electron chi connectivity index (χ4n) is 1.28. The summed E-state index contributed by atoms with van der Waals surface area (Å²) in [4.78, 5) is 17.9. The second-order valence-electron chi connectivity index (χ2n) is 3.31. The number of aryl methyl sites for hydroxylation is 1. The van der Waals surface area contributed by atoms with Gasteiger partial charge >= 0.3 is 0 Å². The molecule has 0 aliphatic carbocycles. The molecule has 8 nitrogen and oxygen atoms in total. The third-order valence-corrected chi connectivity index (χ3v) is 2.11. The first-order valence-electron chi connectivity index (χ1n) is 4.77. The van der Waals surface area contributed by atoms with E-state index in [0.29, 0.717) is 23.8 Å². The summed E-state index contributed by atoms with van der Waals surface area (Å²) in [6, 6.07) is 1.60. The molecule has 0 saturated heterocycles. The molecule has 0 bridgehead atoms. The highest BCUT2D eigenvalue weighted by Crippen LogP contribution is 2.18. The van der Waals surface area contributed by atoms with Gasteiger partial charge in [0.05, 0.1) is 11.5 Å². The number of nitro groups is 1. The van der Waals surface area contributed by atoms with E-state index in [1.54, 1.807) is 13.0 Å². The maximum atomic E-state index is 10.6. The minimum atomic E-state index is -0.467. The van der Waals surface area contributed by atoms with E-state index in [1.807, 2.05) is 0 Å². The van der Waals surface area contributed by atoms with Gasteiger partial charge in [-0.1, -0.05) is 5.16 Å². The van der Waals surface area contributed by atoms with Crippen molar-refractivity contribution in [2.24, 2.45) is 0 Å². The Morgan fingerprint density at radius 2 is 2.35 bits per heavy atom. The number of hydrogen-bond donors (Lipinski definition) is 1. The summed E-state index contributed by atoms with van der Waals surface area (Å²) < 4.78 is 4.57. The molecule has 17 heavy (non-hydrogen) atoms. The van der Waals surface area contributed by atoms with E-state index < -0.39 is 4.92 Å².